The van der Waals surface area contributed by atoms with E-state index in [1.54, 1.807) is 0 Å². The molecule has 3 N–H and O–H groups in total. The van der Waals surface area contributed by atoms with Crippen LogP contribution in [0.1, 0.15) is 364 Å². The summed E-state index contributed by atoms with van der Waals surface area (Å²) in [6.07, 6.45) is 45.8. The normalized spacial score (nSPS) is 15.1. The molecule has 546 valence electrons. The molecule has 8 atom stereocenters. The highest BCUT2D eigenvalue weighted by Crippen LogP contribution is 2.45. The van der Waals surface area contributed by atoms with E-state index in [0.29, 0.717) is 31.6 Å². The fourth-order valence-electron chi connectivity index (χ4n) is 10.9. The zero-order chi connectivity index (χ0) is 68.2. The number of phosphoric ester groups is 2. The van der Waals surface area contributed by atoms with Crippen LogP contribution in [0.2, 0.25) is 0 Å². The van der Waals surface area contributed by atoms with Crippen LogP contribution >= 0.6 is 15.6 Å². The van der Waals surface area contributed by atoms with Gasteiger partial charge in [-0.25, -0.2) is 9.13 Å². The Labute approximate surface area is 562 Å². The predicted octanol–water partition coefficient (Wildman–Crippen LogP) is 20.9. The number of carbonyl (C=O) groups is 4. The van der Waals surface area contributed by atoms with Gasteiger partial charge in [0.1, 0.15) is 19.3 Å². The minimum Gasteiger partial charge on any atom is -0.462 e. The molecule has 0 aliphatic heterocycles. The van der Waals surface area contributed by atoms with Crippen molar-refractivity contribution in [3.05, 3.63) is 0 Å². The van der Waals surface area contributed by atoms with E-state index in [1.807, 2.05) is 0 Å². The van der Waals surface area contributed by atoms with Gasteiger partial charge in [0.05, 0.1) is 26.4 Å². The third-order valence-corrected chi connectivity index (χ3v) is 19.8. The van der Waals surface area contributed by atoms with Crippen molar-refractivity contribution in [2.45, 2.75) is 382 Å². The van der Waals surface area contributed by atoms with Crippen molar-refractivity contribution in [1.29, 1.82) is 0 Å². The van der Waals surface area contributed by atoms with E-state index < -0.39 is 97.5 Å². The Morgan fingerprint density at radius 3 is 0.772 bits per heavy atom. The van der Waals surface area contributed by atoms with Crippen molar-refractivity contribution in [2.24, 2.45) is 23.7 Å². The molecule has 17 nitrogen and oxygen atoms in total. The van der Waals surface area contributed by atoms with Crippen molar-refractivity contribution in [2.75, 3.05) is 39.6 Å². The monoisotopic (exact) mass is 1350 g/mol. The number of phosphoric acid groups is 2. The molecule has 0 aliphatic rings. The number of carbonyl (C=O) groups excluding carboxylic acids is 4. The van der Waals surface area contributed by atoms with Gasteiger partial charge < -0.3 is 33.8 Å². The molecule has 0 rings (SSSR count). The molecular weight excluding hydrogens is 1210 g/mol. The molecule has 92 heavy (non-hydrogen) atoms. The Balaban J connectivity index is 5.21. The topological polar surface area (TPSA) is 237 Å². The Kier molecular flexibility index (Phi) is 61.3. The van der Waals surface area contributed by atoms with Gasteiger partial charge in [0.25, 0.3) is 0 Å². The first-order chi connectivity index (χ1) is 44.2. The van der Waals surface area contributed by atoms with Gasteiger partial charge in [0, 0.05) is 25.7 Å². The summed E-state index contributed by atoms with van der Waals surface area (Å²) in [4.78, 5) is 72.6. The van der Waals surface area contributed by atoms with Gasteiger partial charge in [0.2, 0.25) is 0 Å². The third kappa shape index (κ3) is 62.8. The summed E-state index contributed by atoms with van der Waals surface area (Å²) < 4.78 is 68.4. The number of unbranched alkanes of at least 4 members (excludes halogenated alkanes) is 33. The number of hydrogen-bond acceptors (Lipinski definition) is 15. The first kappa shape index (κ1) is 90.1. The lowest BCUT2D eigenvalue weighted by Gasteiger charge is -2.21. The van der Waals surface area contributed by atoms with E-state index >= 15 is 0 Å². The summed E-state index contributed by atoms with van der Waals surface area (Å²) in [7, 11) is -9.91. The maximum absolute atomic E-state index is 13.0. The van der Waals surface area contributed by atoms with Crippen LogP contribution in [0.5, 0.6) is 0 Å². The van der Waals surface area contributed by atoms with Crippen LogP contribution in [0, 0.1) is 23.7 Å². The predicted molar refractivity (Wildman–Crippen MR) is 372 cm³/mol. The molecule has 0 fully saturated rings. The van der Waals surface area contributed by atoms with Crippen LogP contribution in [0.15, 0.2) is 0 Å². The summed E-state index contributed by atoms with van der Waals surface area (Å²) in [5, 5.41) is 10.6. The maximum Gasteiger partial charge on any atom is 0.472 e. The number of aliphatic hydroxyl groups is 1. The quantitative estimate of drug-likeness (QED) is 0.0222. The summed E-state index contributed by atoms with van der Waals surface area (Å²) in [5.74, 6) is 0.949. The van der Waals surface area contributed by atoms with E-state index in [2.05, 4.69) is 55.4 Å². The minimum atomic E-state index is -4.95. The number of hydrogen-bond donors (Lipinski definition) is 3. The first-order valence-corrected chi connectivity index (χ1v) is 40.8. The molecule has 19 heteroatoms. The van der Waals surface area contributed by atoms with E-state index in [4.69, 9.17) is 37.0 Å². The van der Waals surface area contributed by atoms with Crippen molar-refractivity contribution in [1.82, 2.24) is 0 Å². The molecule has 0 radical (unpaired) electrons. The summed E-state index contributed by atoms with van der Waals surface area (Å²) in [5.41, 5.74) is 0. The molecule has 0 aromatic rings. The van der Waals surface area contributed by atoms with Crippen LogP contribution in [0.25, 0.3) is 0 Å². The lowest BCUT2D eigenvalue weighted by atomic mass is 9.99. The Hall–Kier alpha value is -1.94. The molecule has 0 spiro atoms. The number of rotatable bonds is 70. The highest BCUT2D eigenvalue weighted by atomic mass is 31.2. The highest BCUT2D eigenvalue weighted by molar-refractivity contribution is 7.47. The summed E-state index contributed by atoms with van der Waals surface area (Å²) in [6, 6.07) is 0. The molecule has 0 aromatic carbocycles. The second-order valence-corrected chi connectivity index (χ2v) is 30.4. The smallest absolute Gasteiger partial charge is 0.462 e. The van der Waals surface area contributed by atoms with Gasteiger partial charge in [0.15, 0.2) is 12.2 Å². The van der Waals surface area contributed by atoms with Gasteiger partial charge in [-0.1, -0.05) is 312 Å². The Morgan fingerprint density at radius 1 is 0.304 bits per heavy atom. The molecular formula is C73H142O17P2. The molecule has 0 amide bonds. The Bertz CT molecular complexity index is 1820. The van der Waals surface area contributed by atoms with E-state index in [0.717, 1.165) is 114 Å². The van der Waals surface area contributed by atoms with Crippen molar-refractivity contribution in [3.63, 3.8) is 0 Å². The Morgan fingerprint density at radius 2 is 0.522 bits per heavy atom. The van der Waals surface area contributed by atoms with Crippen LogP contribution in [-0.2, 0) is 65.4 Å². The van der Waals surface area contributed by atoms with Crippen molar-refractivity contribution in [3.8, 4) is 0 Å². The summed E-state index contributed by atoms with van der Waals surface area (Å²) in [6.45, 7) is 14.1. The average Bonchev–Trinajstić information content (AvgIpc) is 1.97. The van der Waals surface area contributed by atoms with Crippen LogP contribution in [0.4, 0.5) is 0 Å². The van der Waals surface area contributed by atoms with Crippen LogP contribution < -0.4 is 0 Å². The standard InChI is InChI=1S/C73H142O17P2/c1-9-64(6)50-42-34-26-20-16-14-12-13-15-17-22-28-37-45-53-70(75)83-60-69(90-73(78)56-48-40-32-31-36-44-52-66(8)11-3)62-88-92(81,82)86-58-67(74)57-85-91(79,80)87-61-68(59-84-71(76)54-46-38-30-24-25-33-41-49-63(4)5)89-72(77)55-47-39-29-23-19-18-21-27-35-43-51-65(7)10-2/h63-69,74H,9-62H2,1-8H3,(H,79,80)(H,81,82)/t64?,65?,66?,67?,68-,69-/m1/s1. The van der Waals surface area contributed by atoms with Gasteiger partial charge in [-0.15, -0.1) is 0 Å². The third-order valence-electron chi connectivity index (χ3n) is 17.9. The van der Waals surface area contributed by atoms with E-state index in [9.17, 15) is 43.2 Å². The van der Waals surface area contributed by atoms with Gasteiger partial charge in [-0.05, 0) is 49.4 Å². The molecule has 0 bridgehead atoms. The van der Waals surface area contributed by atoms with E-state index in [-0.39, 0.29) is 25.7 Å². The number of ether oxygens (including phenoxy) is 4. The lowest BCUT2D eigenvalue weighted by molar-refractivity contribution is -0.161. The second-order valence-electron chi connectivity index (χ2n) is 27.5. The first-order valence-electron chi connectivity index (χ1n) is 37.8. The highest BCUT2D eigenvalue weighted by Gasteiger charge is 2.30. The largest absolute Gasteiger partial charge is 0.472 e. The lowest BCUT2D eigenvalue weighted by Crippen LogP contribution is -2.30. The molecule has 0 aliphatic carbocycles. The molecule has 0 aromatic heterocycles. The second kappa shape index (κ2) is 62.6. The van der Waals surface area contributed by atoms with Crippen LogP contribution in [-0.4, -0.2) is 96.7 Å². The molecule has 0 heterocycles. The zero-order valence-electron chi connectivity index (χ0n) is 60.2. The van der Waals surface area contributed by atoms with Gasteiger partial charge in [-0.2, -0.15) is 0 Å². The summed E-state index contributed by atoms with van der Waals surface area (Å²) >= 11 is 0. The van der Waals surface area contributed by atoms with E-state index in [1.165, 1.54) is 161 Å². The minimum absolute atomic E-state index is 0.103. The van der Waals surface area contributed by atoms with Crippen LogP contribution in [0.3, 0.4) is 0 Å². The zero-order valence-corrected chi connectivity index (χ0v) is 62.0. The number of esters is 4. The maximum atomic E-state index is 13.0. The fourth-order valence-corrected chi connectivity index (χ4v) is 12.5. The average molecular weight is 1350 g/mol. The SMILES string of the molecule is CCC(C)CCCCCCCCCCCCCCCCC(=O)OC[C@H](COP(=O)(O)OCC(O)COP(=O)(O)OC[C@@H](COC(=O)CCCCCCCCCC(C)C)OC(=O)CCCCCCCCCCCCC(C)CC)OC(=O)CCCCCCCCC(C)CC. The molecule has 6 unspecified atom stereocenters. The molecule has 0 saturated heterocycles. The van der Waals surface area contributed by atoms with Gasteiger partial charge >= 0.3 is 39.5 Å². The van der Waals surface area contributed by atoms with Crippen molar-refractivity contribution >= 4 is 39.5 Å². The van der Waals surface area contributed by atoms with Gasteiger partial charge in [-0.3, -0.25) is 37.3 Å². The van der Waals surface area contributed by atoms with Crippen molar-refractivity contribution < 1.29 is 80.2 Å². The molecule has 0 saturated carbocycles. The number of aliphatic hydroxyl groups excluding tert-OH is 1. The fraction of sp³-hybridized carbons (Fsp3) is 0.945.